The molecule has 0 N–H and O–H groups in total. The van der Waals surface area contributed by atoms with E-state index >= 15 is 0 Å². The first-order chi connectivity index (χ1) is 8.79. The zero-order valence-corrected chi connectivity index (χ0v) is 11.1. The Morgan fingerprint density at radius 1 is 1.22 bits per heavy atom. The molecule has 0 aromatic carbocycles. The standard InChI is InChI=1S/C14H21N3O/c1-2-3-4-5-12-10-15-11-14(16-12)17-8-6-13(18)7-9-17/h10-11H,2-9H2,1H3. The number of anilines is 1. The summed E-state index contributed by atoms with van der Waals surface area (Å²) in [6.07, 6.45) is 9.58. The van der Waals surface area contributed by atoms with Crippen molar-refractivity contribution >= 4 is 11.6 Å². The van der Waals surface area contributed by atoms with Gasteiger partial charge in [0.25, 0.3) is 0 Å². The number of rotatable bonds is 5. The monoisotopic (exact) mass is 247 g/mol. The lowest BCUT2D eigenvalue weighted by atomic mass is 10.1. The minimum atomic E-state index is 0.360. The highest BCUT2D eigenvalue weighted by Crippen LogP contribution is 2.16. The first-order valence-electron chi connectivity index (χ1n) is 6.87. The lowest BCUT2D eigenvalue weighted by Crippen LogP contribution is -2.34. The van der Waals surface area contributed by atoms with E-state index in [-0.39, 0.29) is 0 Å². The molecule has 1 fully saturated rings. The average molecular weight is 247 g/mol. The van der Waals surface area contributed by atoms with Crippen LogP contribution in [-0.4, -0.2) is 28.8 Å². The van der Waals surface area contributed by atoms with Gasteiger partial charge in [-0.15, -0.1) is 0 Å². The Labute approximate surface area is 108 Å². The van der Waals surface area contributed by atoms with Crippen molar-refractivity contribution in [2.24, 2.45) is 0 Å². The molecule has 0 atom stereocenters. The molecule has 0 unspecified atom stereocenters. The van der Waals surface area contributed by atoms with Crippen molar-refractivity contribution < 1.29 is 4.79 Å². The maximum atomic E-state index is 11.2. The van der Waals surface area contributed by atoms with Gasteiger partial charge in [-0.1, -0.05) is 19.8 Å². The Morgan fingerprint density at radius 3 is 2.72 bits per heavy atom. The quantitative estimate of drug-likeness (QED) is 0.749. The molecule has 0 radical (unpaired) electrons. The van der Waals surface area contributed by atoms with Gasteiger partial charge in [0, 0.05) is 32.1 Å². The van der Waals surface area contributed by atoms with E-state index in [0.29, 0.717) is 18.6 Å². The summed E-state index contributed by atoms with van der Waals surface area (Å²) in [6, 6.07) is 0. The fourth-order valence-corrected chi connectivity index (χ4v) is 2.21. The number of carbonyl (C=O) groups excluding carboxylic acids is 1. The summed E-state index contributed by atoms with van der Waals surface area (Å²) >= 11 is 0. The number of unbranched alkanes of at least 4 members (excludes halogenated alkanes) is 2. The molecule has 98 valence electrons. The molecule has 1 aliphatic rings. The van der Waals surface area contributed by atoms with Crippen molar-refractivity contribution in [3.8, 4) is 0 Å². The second-order valence-electron chi connectivity index (χ2n) is 4.85. The van der Waals surface area contributed by atoms with Crippen molar-refractivity contribution in [2.45, 2.75) is 45.4 Å². The maximum absolute atomic E-state index is 11.2. The van der Waals surface area contributed by atoms with Crippen LogP contribution in [0.2, 0.25) is 0 Å². The van der Waals surface area contributed by atoms with E-state index in [9.17, 15) is 4.79 Å². The molecule has 0 saturated carbocycles. The topological polar surface area (TPSA) is 46.1 Å². The first-order valence-corrected chi connectivity index (χ1v) is 6.87. The van der Waals surface area contributed by atoms with E-state index in [4.69, 9.17) is 0 Å². The lowest BCUT2D eigenvalue weighted by molar-refractivity contribution is -0.119. The Bertz CT molecular complexity index is 396. The Kier molecular flexibility index (Phi) is 4.67. The number of hydrogen-bond acceptors (Lipinski definition) is 4. The second kappa shape index (κ2) is 6.47. The van der Waals surface area contributed by atoms with Gasteiger partial charge in [-0.3, -0.25) is 9.78 Å². The smallest absolute Gasteiger partial charge is 0.147 e. The van der Waals surface area contributed by atoms with Crippen LogP contribution in [0.5, 0.6) is 0 Å². The molecule has 4 heteroatoms. The lowest BCUT2D eigenvalue weighted by Gasteiger charge is -2.26. The fraction of sp³-hybridized carbons (Fsp3) is 0.643. The molecule has 18 heavy (non-hydrogen) atoms. The van der Waals surface area contributed by atoms with Crippen LogP contribution in [0.1, 0.15) is 44.7 Å². The van der Waals surface area contributed by atoms with Crippen LogP contribution in [0.15, 0.2) is 12.4 Å². The third kappa shape index (κ3) is 3.52. The summed E-state index contributed by atoms with van der Waals surface area (Å²) in [5.74, 6) is 1.29. The van der Waals surface area contributed by atoms with Crippen LogP contribution in [0.25, 0.3) is 0 Å². The van der Waals surface area contributed by atoms with E-state index in [1.54, 1.807) is 6.20 Å². The predicted octanol–water partition coefficient (Wildman–Crippen LogP) is 2.38. The molecule has 0 amide bonds. The minimum Gasteiger partial charge on any atom is -0.354 e. The van der Waals surface area contributed by atoms with Crippen molar-refractivity contribution in [2.75, 3.05) is 18.0 Å². The number of ketones is 1. The van der Waals surface area contributed by atoms with Crippen LogP contribution in [0.3, 0.4) is 0 Å². The van der Waals surface area contributed by atoms with Crippen LogP contribution in [0, 0.1) is 0 Å². The second-order valence-corrected chi connectivity index (χ2v) is 4.85. The van der Waals surface area contributed by atoms with Gasteiger partial charge in [-0.25, -0.2) is 4.98 Å². The number of aromatic nitrogens is 2. The first kappa shape index (κ1) is 13.0. The number of hydrogen-bond donors (Lipinski definition) is 0. The van der Waals surface area contributed by atoms with Crippen LogP contribution < -0.4 is 4.90 Å². The summed E-state index contributed by atoms with van der Waals surface area (Å²) in [4.78, 5) is 22.3. The number of piperidine rings is 1. The van der Waals surface area contributed by atoms with Crippen molar-refractivity contribution in [1.29, 1.82) is 0 Å². The summed E-state index contributed by atoms with van der Waals surface area (Å²) in [6.45, 7) is 3.77. The van der Waals surface area contributed by atoms with E-state index in [2.05, 4.69) is 21.8 Å². The van der Waals surface area contributed by atoms with Gasteiger partial charge in [0.2, 0.25) is 0 Å². The molecular weight excluding hydrogens is 226 g/mol. The minimum absolute atomic E-state index is 0.360. The Hall–Kier alpha value is -1.45. The van der Waals surface area contributed by atoms with Gasteiger partial charge in [-0.2, -0.15) is 0 Å². The van der Waals surface area contributed by atoms with E-state index < -0.39 is 0 Å². The van der Waals surface area contributed by atoms with Crippen molar-refractivity contribution in [3.05, 3.63) is 18.1 Å². The highest BCUT2D eigenvalue weighted by Gasteiger charge is 2.17. The van der Waals surface area contributed by atoms with Gasteiger partial charge in [0.05, 0.1) is 11.9 Å². The molecule has 0 spiro atoms. The highest BCUT2D eigenvalue weighted by molar-refractivity contribution is 5.80. The normalized spacial score (nSPS) is 16.1. The van der Waals surface area contributed by atoms with Gasteiger partial charge in [0.15, 0.2) is 0 Å². The van der Waals surface area contributed by atoms with Crippen molar-refractivity contribution in [3.63, 3.8) is 0 Å². The number of nitrogens with zero attached hydrogens (tertiary/aromatic N) is 3. The van der Waals surface area contributed by atoms with Gasteiger partial charge >= 0.3 is 0 Å². The Morgan fingerprint density at radius 2 is 2.00 bits per heavy atom. The van der Waals surface area contributed by atoms with E-state index in [1.165, 1.54) is 19.3 Å². The third-order valence-electron chi connectivity index (χ3n) is 3.35. The molecule has 2 rings (SSSR count). The van der Waals surface area contributed by atoms with Crippen molar-refractivity contribution in [1.82, 2.24) is 9.97 Å². The average Bonchev–Trinajstić information content (AvgIpc) is 2.40. The Balaban J connectivity index is 1.96. The molecule has 1 aromatic rings. The maximum Gasteiger partial charge on any atom is 0.147 e. The number of Topliss-reactive ketones (excluding diaryl/α,β-unsaturated/α-hetero) is 1. The molecule has 2 heterocycles. The van der Waals surface area contributed by atoms with Gasteiger partial charge in [0.1, 0.15) is 11.6 Å². The third-order valence-corrected chi connectivity index (χ3v) is 3.35. The molecule has 1 saturated heterocycles. The largest absolute Gasteiger partial charge is 0.354 e. The zero-order chi connectivity index (χ0) is 12.8. The van der Waals surface area contributed by atoms with Gasteiger partial charge in [-0.05, 0) is 12.8 Å². The van der Waals surface area contributed by atoms with Crippen LogP contribution in [0.4, 0.5) is 5.82 Å². The van der Waals surface area contributed by atoms with Crippen LogP contribution in [-0.2, 0) is 11.2 Å². The molecule has 1 aliphatic heterocycles. The van der Waals surface area contributed by atoms with E-state index in [0.717, 1.165) is 31.0 Å². The SMILES string of the molecule is CCCCCc1cncc(N2CCC(=O)CC2)n1. The highest BCUT2D eigenvalue weighted by atomic mass is 16.1. The molecule has 0 bridgehead atoms. The van der Waals surface area contributed by atoms with Gasteiger partial charge < -0.3 is 4.90 Å². The summed E-state index contributed by atoms with van der Waals surface area (Å²) < 4.78 is 0. The van der Waals surface area contributed by atoms with E-state index in [1.807, 2.05) is 6.20 Å². The summed E-state index contributed by atoms with van der Waals surface area (Å²) in [5.41, 5.74) is 1.07. The molecular formula is C14H21N3O. The number of carbonyl (C=O) groups is 1. The summed E-state index contributed by atoms with van der Waals surface area (Å²) in [7, 11) is 0. The summed E-state index contributed by atoms with van der Waals surface area (Å²) in [5, 5.41) is 0. The number of aryl methyl sites for hydroxylation is 1. The molecule has 0 aliphatic carbocycles. The fourth-order valence-electron chi connectivity index (χ4n) is 2.21. The zero-order valence-electron chi connectivity index (χ0n) is 11.1. The molecule has 4 nitrogen and oxygen atoms in total. The van der Waals surface area contributed by atoms with Crippen LogP contribution >= 0.6 is 0 Å². The predicted molar refractivity (Wildman–Crippen MR) is 71.7 cm³/mol. The molecule has 1 aromatic heterocycles.